The Morgan fingerprint density at radius 3 is 2.60 bits per heavy atom. The molecule has 0 aromatic carbocycles. The van der Waals surface area contributed by atoms with Crippen LogP contribution in [0.3, 0.4) is 0 Å². The molecule has 0 bridgehead atoms. The zero-order chi connectivity index (χ0) is 16.8. The molecule has 1 aliphatic carbocycles. The first-order valence-corrected chi connectivity index (χ1v) is 8.72. The van der Waals surface area contributed by atoms with E-state index >= 15 is 0 Å². The van der Waals surface area contributed by atoms with E-state index in [4.69, 9.17) is 5.10 Å². The van der Waals surface area contributed by atoms with E-state index in [0.29, 0.717) is 11.7 Å². The third kappa shape index (κ3) is 2.61. The number of aromatic nitrogens is 6. The van der Waals surface area contributed by atoms with Crippen LogP contribution in [0.2, 0.25) is 0 Å². The molecule has 1 aliphatic heterocycles. The second-order valence-corrected chi connectivity index (χ2v) is 6.82. The SMILES string of the molecule is Fc1cncnc1N1CCC(c2nnc3ccc(C4CC4)nn23)CC1. The summed E-state index contributed by atoms with van der Waals surface area (Å²) in [6.07, 6.45) is 6.79. The smallest absolute Gasteiger partial charge is 0.183 e. The van der Waals surface area contributed by atoms with Gasteiger partial charge < -0.3 is 4.90 Å². The first-order chi connectivity index (χ1) is 12.3. The number of rotatable bonds is 3. The number of halogens is 1. The lowest BCUT2D eigenvalue weighted by molar-refractivity contribution is 0.467. The fourth-order valence-corrected chi connectivity index (χ4v) is 3.56. The Morgan fingerprint density at radius 1 is 1.00 bits per heavy atom. The van der Waals surface area contributed by atoms with E-state index in [1.54, 1.807) is 0 Å². The minimum absolute atomic E-state index is 0.276. The maximum Gasteiger partial charge on any atom is 0.183 e. The molecule has 128 valence electrons. The summed E-state index contributed by atoms with van der Waals surface area (Å²) in [6.45, 7) is 1.46. The Hall–Kier alpha value is -2.64. The maximum absolute atomic E-state index is 13.9. The van der Waals surface area contributed by atoms with Crippen LogP contribution in [0, 0.1) is 5.82 Å². The number of fused-ring (bicyclic) bond motifs is 1. The Morgan fingerprint density at radius 2 is 1.84 bits per heavy atom. The van der Waals surface area contributed by atoms with Gasteiger partial charge in [0.05, 0.1) is 11.9 Å². The van der Waals surface area contributed by atoms with Crippen molar-refractivity contribution >= 4 is 11.5 Å². The Labute approximate surface area is 143 Å². The highest BCUT2D eigenvalue weighted by atomic mass is 19.1. The molecule has 0 N–H and O–H groups in total. The van der Waals surface area contributed by atoms with Gasteiger partial charge in [0.15, 0.2) is 23.1 Å². The summed E-state index contributed by atoms with van der Waals surface area (Å²) in [6, 6.07) is 4.06. The van der Waals surface area contributed by atoms with Crippen LogP contribution in [0.5, 0.6) is 0 Å². The Balaban J connectivity index is 1.38. The number of hydrogen-bond donors (Lipinski definition) is 0. The molecule has 0 unspecified atom stereocenters. The lowest BCUT2D eigenvalue weighted by Gasteiger charge is -2.31. The van der Waals surface area contributed by atoms with E-state index in [1.807, 2.05) is 15.5 Å². The zero-order valence-corrected chi connectivity index (χ0v) is 13.7. The highest BCUT2D eigenvalue weighted by molar-refractivity contribution is 5.40. The van der Waals surface area contributed by atoms with Crippen LogP contribution in [0.1, 0.15) is 49.0 Å². The summed E-state index contributed by atoms with van der Waals surface area (Å²) in [4.78, 5) is 9.76. The van der Waals surface area contributed by atoms with Crippen molar-refractivity contribution in [2.75, 3.05) is 18.0 Å². The summed E-state index contributed by atoms with van der Waals surface area (Å²) < 4.78 is 15.8. The third-order valence-corrected chi connectivity index (χ3v) is 5.11. The van der Waals surface area contributed by atoms with Crippen LogP contribution in [0.25, 0.3) is 5.65 Å². The second-order valence-electron chi connectivity index (χ2n) is 6.82. The van der Waals surface area contributed by atoms with Gasteiger partial charge in [-0.1, -0.05) is 0 Å². The van der Waals surface area contributed by atoms with Gasteiger partial charge in [-0.15, -0.1) is 10.2 Å². The van der Waals surface area contributed by atoms with Crippen LogP contribution < -0.4 is 4.90 Å². The largest absolute Gasteiger partial charge is 0.354 e. The summed E-state index contributed by atoms with van der Waals surface area (Å²) in [5.74, 6) is 1.80. The summed E-state index contributed by atoms with van der Waals surface area (Å²) in [5.41, 5.74) is 1.93. The number of hydrogen-bond acceptors (Lipinski definition) is 6. The monoisotopic (exact) mass is 339 g/mol. The summed E-state index contributed by atoms with van der Waals surface area (Å²) in [7, 11) is 0. The van der Waals surface area contributed by atoms with Gasteiger partial charge >= 0.3 is 0 Å². The summed E-state index contributed by atoms with van der Waals surface area (Å²) >= 11 is 0. The predicted octanol–water partition coefficient (Wildman–Crippen LogP) is 2.31. The van der Waals surface area contributed by atoms with Gasteiger partial charge in [-0.3, -0.25) is 0 Å². The Kier molecular flexibility index (Phi) is 3.36. The minimum Gasteiger partial charge on any atom is -0.354 e. The van der Waals surface area contributed by atoms with Crippen molar-refractivity contribution < 1.29 is 4.39 Å². The first-order valence-electron chi connectivity index (χ1n) is 8.72. The maximum atomic E-state index is 13.9. The van der Waals surface area contributed by atoms with Gasteiger partial charge in [-0.25, -0.2) is 14.4 Å². The van der Waals surface area contributed by atoms with Crippen LogP contribution in [0.15, 0.2) is 24.7 Å². The van der Waals surface area contributed by atoms with Crippen LogP contribution in [0.4, 0.5) is 10.2 Å². The molecular formula is C17H18FN7. The van der Waals surface area contributed by atoms with E-state index in [0.717, 1.165) is 43.1 Å². The Bertz CT molecular complexity index is 912. The molecule has 3 aromatic rings. The number of nitrogens with zero attached hydrogens (tertiary/aromatic N) is 7. The zero-order valence-electron chi connectivity index (χ0n) is 13.7. The molecule has 0 amide bonds. The molecular weight excluding hydrogens is 321 g/mol. The van der Waals surface area contributed by atoms with Crippen molar-refractivity contribution in [1.29, 1.82) is 0 Å². The van der Waals surface area contributed by atoms with E-state index in [-0.39, 0.29) is 11.7 Å². The standard InChI is InChI=1S/C17H18FN7/c18-13-9-19-10-20-17(13)24-7-5-12(6-8-24)16-22-21-15-4-3-14(11-1-2-11)23-25(15)16/h3-4,9-12H,1-2,5-8H2. The van der Waals surface area contributed by atoms with Crippen molar-refractivity contribution in [3.05, 3.63) is 42.0 Å². The summed E-state index contributed by atoms with van der Waals surface area (Å²) in [5, 5.41) is 13.4. The molecule has 2 fully saturated rings. The van der Waals surface area contributed by atoms with E-state index in [9.17, 15) is 4.39 Å². The molecule has 0 spiro atoms. The van der Waals surface area contributed by atoms with E-state index in [1.165, 1.54) is 25.4 Å². The molecule has 5 rings (SSSR count). The molecule has 4 heterocycles. The average Bonchev–Trinajstić information content (AvgIpc) is 3.42. The van der Waals surface area contributed by atoms with Gasteiger partial charge in [-0.2, -0.15) is 9.61 Å². The topological polar surface area (TPSA) is 72.1 Å². The van der Waals surface area contributed by atoms with Crippen LogP contribution in [-0.2, 0) is 0 Å². The molecule has 2 aliphatic rings. The van der Waals surface area contributed by atoms with Gasteiger partial charge in [0.1, 0.15) is 6.33 Å². The number of anilines is 1. The van der Waals surface area contributed by atoms with Gasteiger partial charge in [0.25, 0.3) is 0 Å². The average molecular weight is 339 g/mol. The quantitative estimate of drug-likeness (QED) is 0.729. The fourth-order valence-electron chi connectivity index (χ4n) is 3.56. The van der Waals surface area contributed by atoms with E-state index in [2.05, 4.69) is 26.2 Å². The lowest BCUT2D eigenvalue weighted by Crippen LogP contribution is -2.34. The third-order valence-electron chi connectivity index (χ3n) is 5.11. The van der Waals surface area contributed by atoms with Crippen LogP contribution >= 0.6 is 0 Å². The molecule has 7 nitrogen and oxygen atoms in total. The molecule has 8 heteroatoms. The highest BCUT2D eigenvalue weighted by Crippen LogP contribution is 2.39. The van der Waals surface area contributed by atoms with Gasteiger partial charge in [-0.05, 0) is 37.8 Å². The molecule has 1 saturated carbocycles. The highest BCUT2D eigenvalue weighted by Gasteiger charge is 2.29. The van der Waals surface area contributed by atoms with Crippen molar-refractivity contribution in [3.63, 3.8) is 0 Å². The van der Waals surface area contributed by atoms with Crippen molar-refractivity contribution in [2.45, 2.75) is 37.5 Å². The molecule has 25 heavy (non-hydrogen) atoms. The molecule has 3 aromatic heterocycles. The van der Waals surface area contributed by atoms with Crippen molar-refractivity contribution in [2.24, 2.45) is 0 Å². The lowest BCUT2D eigenvalue weighted by atomic mass is 9.96. The second kappa shape index (κ2) is 5.72. The first kappa shape index (κ1) is 14.7. The van der Waals surface area contributed by atoms with Crippen LogP contribution in [-0.4, -0.2) is 42.9 Å². The number of piperidine rings is 1. The van der Waals surface area contributed by atoms with Crippen molar-refractivity contribution in [1.82, 2.24) is 29.8 Å². The fraction of sp³-hybridized carbons (Fsp3) is 0.471. The van der Waals surface area contributed by atoms with Crippen molar-refractivity contribution in [3.8, 4) is 0 Å². The minimum atomic E-state index is -0.371. The van der Waals surface area contributed by atoms with Gasteiger partial charge in [0, 0.05) is 24.9 Å². The van der Waals surface area contributed by atoms with E-state index < -0.39 is 0 Å². The van der Waals surface area contributed by atoms with Gasteiger partial charge in [0.2, 0.25) is 0 Å². The normalized spacial score (nSPS) is 18.8. The predicted molar refractivity (Wildman–Crippen MR) is 88.9 cm³/mol. The molecule has 0 atom stereocenters. The molecule has 1 saturated heterocycles. The molecule has 0 radical (unpaired) electrons.